The monoisotopic (exact) mass is 804 g/mol. The Labute approximate surface area is 327 Å². The molecule has 2 amide bonds. The Bertz CT molecular complexity index is 1950. The number of nitrogens with zero attached hydrogens (tertiary/aromatic N) is 7. The lowest BCUT2D eigenvalue weighted by Crippen LogP contribution is -2.55. The quantitative estimate of drug-likeness (QED) is 0.0295. The second kappa shape index (κ2) is 18.9. The summed E-state index contributed by atoms with van der Waals surface area (Å²) in [7, 11) is 0. The number of carbonyl (C=O) groups excluding carboxylic acids is 2. The van der Waals surface area contributed by atoms with Crippen molar-refractivity contribution in [3.05, 3.63) is 41.9 Å². The van der Waals surface area contributed by atoms with Gasteiger partial charge in [-0.05, 0) is 38.5 Å². The number of fused-ring (bicyclic) bond motifs is 2. The Morgan fingerprint density at radius 2 is 1.56 bits per heavy atom. The number of rotatable bonds is 20. The minimum Gasteiger partial charge on any atom is -0.394 e. The summed E-state index contributed by atoms with van der Waals surface area (Å²) >= 11 is 0. The number of imidazole rings is 1. The lowest BCUT2D eigenvalue weighted by molar-refractivity contribution is -0.676. The van der Waals surface area contributed by atoms with Crippen molar-refractivity contribution in [1.82, 2.24) is 29.3 Å². The number of benzene rings is 1. The molecule has 21 nitrogen and oxygen atoms in total. The van der Waals surface area contributed by atoms with Crippen molar-refractivity contribution < 1.29 is 65.2 Å². The number of aryl methyl sites for hydroxylation is 2. The highest BCUT2D eigenvalue weighted by Crippen LogP contribution is 2.26. The standard InChI is InChI=1S/C36H54N9O12/c1-3-44-22-6-5-19(11-23(22)45(4-2)28(44)15-43(18-48)35-33(37)40-34-21(39-35)7-9-38-34)36(57)41-10-8-20(12-41)42(13-24(49)29(53)31(55)26(51)16-46)14-25(50)30(54)32(56)27(52)17-47/h5-7,9,11,18,20,24-27,29-32,46-47,49-56H,3-4,8,10,12-17H2,1-2H3,(H3,37,38,40)/q+1/t20-,24-,25-,26+,27+,29+,30+,31+,32+/m0/s1. The van der Waals surface area contributed by atoms with Crippen LogP contribution in [0.5, 0.6) is 0 Å². The van der Waals surface area contributed by atoms with Crippen LogP contribution in [0.1, 0.15) is 36.5 Å². The number of H-pyrrole nitrogens is 1. The molecule has 13 N–H and O–H groups in total. The molecular formula is C36H54N9O12+. The number of likely N-dealkylation sites (tertiary alicyclic amines) is 1. The number of nitrogens with one attached hydrogen (secondary N) is 1. The van der Waals surface area contributed by atoms with Gasteiger partial charge in [0.2, 0.25) is 6.41 Å². The van der Waals surface area contributed by atoms with Gasteiger partial charge in [-0.1, -0.05) is 0 Å². The number of nitrogens with two attached hydrogens (primary N) is 1. The molecule has 0 aliphatic carbocycles. The first kappa shape index (κ1) is 43.7. The van der Waals surface area contributed by atoms with E-state index in [0.717, 1.165) is 16.9 Å². The fraction of sp³-hybridized carbons (Fsp3) is 0.583. The molecule has 0 unspecified atom stereocenters. The van der Waals surface area contributed by atoms with E-state index in [-0.39, 0.29) is 37.2 Å². The fourth-order valence-electron chi connectivity index (χ4n) is 7.40. The summed E-state index contributed by atoms with van der Waals surface area (Å²) in [6.45, 7) is 2.60. The van der Waals surface area contributed by atoms with Crippen molar-refractivity contribution in [2.24, 2.45) is 0 Å². The summed E-state index contributed by atoms with van der Waals surface area (Å²) in [5, 5.41) is 101. The van der Waals surface area contributed by atoms with Gasteiger partial charge in [0.25, 0.3) is 11.7 Å². The number of anilines is 2. The Morgan fingerprint density at radius 1 is 0.947 bits per heavy atom. The van der Waals surface area contributed by atoms with Crippen LogP contribution in [0, 0.1) is 0 Å². The highest BCUT2D eigenvalue weighted by molar-refractivity contribution is 5.97. The summed E-state index contributed by atoms with van der Waals surface area (Å²) in [5.41, 5.74) is 9.12. The van der Waals surface area contributed by atoms with E-state index in [1.54, 1.807) is 29.3 Å². The third kappa shape index (κ3) is 9.18. The third-order valence-corrected chi connectivity index (χ3v) is 10.6. The maximum absolute atomic E-state index is 14.1. The molecule has 4 aromatic rings. The van der Waals surface area contributed by atoms with Crippen molar-refractivity contribution in [3.8, 4) is 0 Å². The molecule has 5 rings (SSSR count). The van der Waals surface area contributed by atoms with Crippen LogP contribution in [-0.2, 0) is 24.4 Å². The number of aliphatic hydroxyl groups is 10. The van der Waals surface area contributed by atoms with Gasteiger partial charge in [-0.15, -0.1) is 0 Å². The Kier molecular flexibility index (Phi) is 14.5. The minimum atomic E-state index is -1.94. The van der Waals surface area contributed by atoms with Crippen LogP contribution in [-0.4, -0.2) is 187 Å². The van der Waals surface area contributed by atoms with Crippen LogP contribution in [0.2, 0.25) is 0 Å². The largest absolute Gasteiger partial charge is 0.394 e. The highest BCUT2D eigenvalue weighted by atomic mass is 16.4. The molecule has 0 spiro atoms. The number of carbonyl (C=O) groups is 2. The highest BCUT2D eigenvalue weighted by Gasteiger charge is 2.39. The summed E-state index contributed by atoms with van der Waals surface area (Å²) < 4.78 is 4.01. The zero-order chi connectivity index (χ0) is 41.7. The molecule has 1 aliphatic rings. The molecule has 314 valence electrons. The summed E-state index contributed by atoms with van der Waals surface area (Å²) in [6.07, 6.45) is -12.2. The average Bonchev–Trinajstić information content (AvgIpc) is 3.97. The number of hydrogen-bond donors (Lipinski definition) is 12. The molecule has 9 atom stereocenters. The van der Waals surface area contributed by atoms with Gasteiger partial charge in [0.1, 0.15) is 48.7 Å². The predicted molar refractivity (Wildman–Crippen MR) is 202 cm³/mol. The number of amides is 2. The smallest absolute Gasteiger partial charge is 0.277 e. The molecule has 21 heteroatoms. The van der Waals surface area contributed by atoms with Crippen molar-refractivity contribution in [1.29, 1.82) is 0 Å². The Hall–Kier alpha value is -4.39. The Balaban J connectivity index is 1.39. The summed E-state index contributed by atoms with van der Waals surface area (Å²) in [4.78, 5) is 42.7. The van der Waals surface area contributed by atoms with Gasteiger partial charge in [0.15, 0.2) is 28.3 Å². The van der Waals surface area contributed by atoms with Gasteiger partial charge in [-0.3, -0.25) is 19.4 Å². The second-order valence-electron chi connectivity index (χ2n) is 14.2. The summed E-state index contributed by atoms with van der Waals surface area (Å²) in [6, 6.07) is 6.40. The van der Waals surface area contributed by atoms with Gasteiger partial charge in [0.05, 0.1) is 38.5 Å². The van der Waals surface area contributed by atoms with Gasteiger partial charge in [-0.2, -0.15) is 0 Å². The molecule has 4 heterocycles. The molecule has 1 aliphatic heterocycles. The van der Waals surface area contributed by atoms with E-state index in [0.29, 0.717) is 42.6 Å². The summed E-state index contributed by atoms with van der Waals surface area (Å²) in [5.74, 6) is 0.674. The van der Waals surface area contributed by atoms with E-state index < -0.39 is 81.2 Å². The van der Waals surface area contributed by atoms with E-state index in [2.05, 4.69) is 15.0 Å². The van der Waals surface area contributed by atoms with Crippen LogP contribution in [0.15, 0.2) is 30.5 Å². The lowest BCUT2D eigenvalue weighted by atomic mass is 10.00. The van der Waals surface area contributed by atoms with E-state index >= 15 is 0 Å². The molecule has 0 radical (unpaired) electrons. The van der Waals surface area contributed by atoms with Crippen molar-refractivity contribution in [2.75, 3.05) is 50.0 Å². The molecule has 3 aromatic heterocycles. The lowest BCUT2D eigenvalue weighted by Gasteiger charge is -2.36. The molecular weight excluding hydrogens is 750 g/mol. The van der Waals surface area contributed by atoms with Crippen LogP contribution >= 0.6 is 0 Å². The molecule has 0 saturated carbocycles. The van der Waals surface area contributed by atoms with Crippen molar-refractivity contribution in [3.63, 3.8) is 0 Å². The maximum Gasteiger partial charge on any atom is 0.277 e. The second-order valence-corrected chi connectivity index (χ2v) is 14.2. The number of aromatic nitrogens is 5. The van der Waals surface area contributed by atoms with Crippen LogP contribution in [0.3, 0.4) is 0 Å². The van der Waals surface area contributed by atoms with Crippen LogP contribution in [0.4, 0.5) is 11.6 Å². The van der Waals surface area contributed by atoms with Crippen LogP contribution in [0.25, 0.3) is 22.2 Å². The van der Waals surface area contributed by atoms with Gasteiger partial charge in [-0.25, -0.2) is 19.1 Å². The minimum absolute atomic E-state index is 0.0589. The Morgan fingerprint density at radius 3 is 2.12 bits per heavy atom. The number of aromatic amines is 1. The van der Waals surface area contributed by atoms with E-state index in [1.807, 2.05) is 29.0 Å². The molecule has 0 bridgehead atoms. The first-order chi connectivity index (χ1) is 27.2. The van der Waals surface area contributed by atoms with Gasteiger partial charge >= 0.3 is 0 Å². The van der Waals surface area contributed by atoms with Crippen LogP contribution < -0.4 is 15.2 Å². The molecule has 1 saturated heterocycles. The van der Waals surface area contributed by atoms with E-state index in [1.165, 1.54) is 9.80 Å². The normalized spacial score (nSPS) is 19.1. The number of nitrogen functional groups attached to an aromatic ring is 1. The van der Waals surface area contributed by atoms with E-state index in [4.69, 9.17) is 5.73 Å². The topological polar surface area (TPSA) is 323 Å². The predicted octanol–water partition coefficient (Wildman–Crippen LogP) is -4.63. The van der Waals surface area contributed by atoms with Gasteiger partial charge < -0.3 is 66.7 Å². The molecule has 1 aromatic carbocycles. The van der Waals surface area contributed by atoms with Gasteiger partial charge in [0, 0.05) is 50.0 Å². The molecule has 1 fully saturated rings. The third-order valence-electron chi connectivity index (χ3n) is 10.6. The maximum atomic E-state index is 14.1. The van der Waals surface area contributed by atoms with Crippen molar-refractivity contribution in [2.45, 2.75) is 94.8 Å². The number of aliphatic hydroxyl groups excluding tert-OH is 10. The molecule has 57 heavy (non-hydrogen) atoms. The zero-order valence-corrected chi connectivity index (χ0v) is 31.7. The van der Waals surface area contributed by atoms with E-state index in [9.17, 15) is 60.7 Å². The SMILES string of the molecule is CCn1c(CN(C=O)c2nc3cc[nH]c3nc2N)[n+](CC)c2ccc(C(=O)N3CC[C@H](N(C[C@H](O)[C@@H](O)[C@H](O)[C@H](O)CO)C[C@H](O)[C@@H](O)[C@H](O)[C@H](O)CO)C3)cc21. The average molecular weight is 805 g/mol. The first-order valence-electron chi connectivity index (χ1n) is 18.8. The first-order valence-corrected chi connectivity index (χ1v) is 18.8. The zero-order valence-electron chi connectivity index (χ0n) is 31.7. The fourth-order valence-corrected chi connectivity index (χ4v) is 7.40. The van der Waals surface area contributed by atoms with Crippen molar-refractivity contribution >= 4 is 46.2 Å². The number of hydrogen-bond acceptors (Lipinski definition) is 16.